The fourth-order valence-electron chi connectivity index (χ4n) is 10.2. The second kappa shape index (κ2) is 36.8. The number of para-hydroxylation sites is 4. The van der Waals surface area contributed by atoms with Crippen molar-refractivity contribution in [1.82, 2.24) is 109 Å². The van der Waals surface area contributed by atoms with Gasteiger partial charge in [0.25, 0.3) is 17.8 Å². The molecule has 0 aliphatic heterocycles. The number of methoxy groups -OCH3 is 3. The third-order valence-corrected chi connectivity index (χ3v) is 17.1. The summed E-state index contributed by atoms with van der Waals surface area (Å²) in [5.74, 6) is 5.73. The maximum atomic E-state index is 13.6. The van der Waals surface area contributed by atoms with Crippen LogP contribution in [-0.4, -0.2) is 135 Å². The van der Waals surface area contributed by atoms with E-state index in [1.165, 1.54) is 85.0 Å². The number of nitriles is 2. The number of benzene rings is 6. The number of aromatic hydroxyl groups is 1. The lowest BCUT2D eigenvalue weighted by molar-refractivity contribution is -0.640. The predicted molar refractivity (Wildman–Crippen MR) is 434 cm³/mol. The quantitative estimate of drug-likeness (QED) is 0.0315. The van der Waals surface area contributed by atoms with Gasteiger partial charge in [-0.15, -0.1) is 41.4 Å². The number of thiazole rings is 2. The van der Waals surface area contributed by atoms with Crippen LogP contribution in [0.5, 0.6) is 23.0 Å². The maximum absolute atomic E-state index is 13.6. The molecule has 0 spiro atoms. The Morgan fingerprint density at radius 1 is 0.483 bits per heavy atom. The van der Waals surface area contributed by atoms with E-state index in [1.54, 1.807) is 97.7 Å². The number of anilines is 17. The average Bonchev–Trinajstić information content (AvgIpc) is 1.70. The van der Waals surface area contributed by atoms with Gasteiger partial charge in [0.15, 0.2) is 5.82 Å². The number of rotatable bonds is 20. The Bertz CT molecular complexity index is 6070. The summed E-state index contributed by atoms with van der Waals surface area (Å²) >= 11 is 3.06. The van der Waals surface area contributed by atoms with Gasteiger partial charge in [-0.3, -0.25) is 0 Å². The molecule has 18 N–H and O–H groups in total. The molecule has 0 saturated heterocycles. The third-order valence-electron chi connectivity index (χ3n) is 15.3. The molecule has 0 bridgehead atoms. The van der Waals surface area contributed by atoms with Crippen LogP contribution in [0.3, 0.4) is 0 Å². The first kappa shape index (κ1) is 79.0. The van der Waals surface area contributed by atoms with Gasteiger partial charge in [-0.2, -0.15) is 49.2 Å². The fraction of sp³-hybridized carbons (Fsp3) is 0.0959. The summed E-state index contributed by atoms with van der Waals surface area (Å²) in [6.07, 6.45) is 10.5. The highest BCUT2D eigenvalue weighted by molar-refractivity contribution is 7.14. The summed E-state index contributed by atoms with van der Waals surface area (Å²) in [6, 6.07) is 47.0. The molecule has 0 atom stereocenters. The van der Waals surface area contributed by atoms with Crippen LogP contribution in [0, 0.1) is 56.2 Å². The number of phenols is 1. The molecule has 16 rings (SSSR count). The smallest absolute Gasteiger partial charge is 0.371 e. The molecule has 0 unspecified atom stereocenters. The van der Waals surface area contributed by atoms with Crippen molar-refractivity contribution >= 4 is 122 Å². The number of nitrogens with zero attached hydrogens (tertiary/aromatic N) is 24. The molecule has 6 aromatic carbocycles. The molecular formula is C73H70FN36O4S2+. The second-order valence-electron chi connectivity index (χ2n) is 23.9. The minimum atomic E-state index is -0.438. The van der Waals surface area contributed by atoms with Crippen molar-refractivity contribution in [1.29, 1.82) is 10.5 Å². The van der Waals surface area contributed by atoms with E-state index >= 15 is 0 Å². The number of ether oxygens (including phenoxy) is 3. The summed E-state index contributed by atoms with van der Waals surface area (Å²) in [5.41, 5.74) is 36.4. The number of aryl methyl sites for hydroxylation is 4. The molecule has 43 heteroatoms. The summed E-state index contributed by atoms with van der Waals surface area (Å²) in [5, 5.41) is 66.7. The van der Waals surface area contributed by atoms with Gasteiger partial charge in [-0.1, -0.05) is 70.9 Å². The number of hydrogen-bond acceptors (Lipinski definition) is 36. The highest BCUT2D eigenvalue weighted by atomic mass is 32.1. The van der Waals surface area contributed by atoms with Crippen molar-refractivity contribution in [2.75, 3.05) is 81.9 Å². The van der Waals surface area contributed by atoms with Gasteiger partial charge < -0.3 is 79.9 Å². The summed E-state index contributed by atoms with van der Waals surface area (Å²) < 4.78 is 36.4. The molecule has 584 valence electrons. The van der Waals surface area contributed by atoms with Crippen LogP contribution in [0.15, 0.2) is 189 Å². The van der Waals surface area contributed by atoms with E-state index in [9.17, 15) is 9.50 Å². The Kier molecular flexibility index (Phi) is 25.0. The van der Waals surface area contributed by atoms with Crippen molar-refractivity contribution in [2.45, 2.75) is 27.7 Å². The molecular weight excluding hydrogens is 1530 g/mol. The zero-order valence-electron chi connectivity index (χ0n) is 62.4. The third kappa shape index (κ3) is 20.7. The summed E-state index contributed by atoms with van der Waals surface area (Å²) in [4.78, 5) is 56.0. The van der Waals surface area contributed by atoms with Gasteiger partial charge in [0, 0.05) is 69.0 Å². The SMILES string of the molecule is COc1cc(Nc2nc(N)[n+](-c3ncc(C)s3)[nH]2)cc(OC)c1.COc1ccccc1Nc1nc(N)n(-c2ncc(C#N)cn2)n1.Cc1cc(C)cc(Nc2nc(N)nn2-c2ncc(C)s2)c1.N#Cc1cnc(-n2nc(Nc3ccccc3F)nc2N)nc1.Nc1nc(Nc2cccc(O)c2)nn1-c1cc(Nc2ccccc2)ncn1. The Morgan fingerprint density at radius 2 is 1.04 bits per heavy atom. The Balaban J connectivity index is 0.000000134. The van der Waals surface area contributed by atoms with Crippen molar-refractivity contribution in [3.8, 4) is 63.1 Å². The number of phenolic OH excluding ortho intramolecular Hbond substituents is 1. The molecule has 16 aromatic rings. The number of aromatic nitrogens is 23. The number of hydrogen-bond donors (Lipinski definition) is 13. The van der Waals surface area contributed by atoms with E-state index in [0.29, 0.717) is 69.2 Å². The van der Waals surface area contributed by atoms with Crippen molar-refractivity contribution in [3.05, 3.63) is 227 Å². The molecule has 10 aromatic heterocycles. The lowest BCUT2D eigenvalue weighted by Gasteiger charge is -2.08. The number of nitrogens with two attached hydrogens (primary N) is 5. The van der Waals surface area contributed by atoms with Gasteiger partial charge in [0.2, 0.25) is 52.7 Å². The molecule has 0 aliphatic carbocycles. The lowest BCUT2D eigenvalue weighted by Crippen LogP contribution is -2.35. The van der Waals surface area contributed by atoms with Crippen LogP contribution in [0.1, 0.15) is 32.0 Å². The first-order chi connectivity index (χ1) is 56.1. The number of nitrogens with one attached hydrogen (secondary N) is 7. The fourth-order valence-corrected chi connectivity index (χ4v) is 11.7. The first-order valence-corrected chi connectivity index (χ1v) is 35.7. The Hall–Kier alpha value is -16.6. The van der Waals surface area contributed by atoms with Crippen LogP contribution in [0.25, 0.3) is 28.0 Å². The Labute approximate surface area is 666 Å². The van der Waals surface area contributed by atoms with E-state index in [0.717, 1.165) is 37.1 Å². The highest BCUT2D eigenvalue weighted by Crippen LogP contribution is 2.31. The first-order valence-electron chi connectivity index (χ1n) is 34.1. The minimum Gasteiger partial charge on any atom is -0.508 e. The van der Waals surface area contributed by atoms with E-state index < -0.39 is 5.82 Å². The van der Waals surface area contributed by atoms with Crippen molar-refractivity contribution in [2.24, 2.45) is 0 Å². The monoisotopic (exact) mass is 1600 g/mol. The zero-order valence-corrected chi connectivity index (χ0v) is 64.0. The van der Waals surface area contributed by atoms with Gasteiger partial charge in [0.05, 0.1) is 74.8 Å². The molecule has 10 heterocycles. The number of nitrogen functional groups attached to an aromatic ring is 5. The highest BCUT2D eigenvalue weighted by Gasteiger charge is 2.21. The predicted octanol–water partition coefficient (Wildman–Crippen LogP) is 10.3. The molecule has 0 radical (unpaired) electrons. The molecule has 116 heavy (non-hydrogen) atoms. The number of halogens is 1. The lowest BCUT2D eigenvalue weighted by atomic mass is 10.1. The van der Waals surface area contributed by atoms with E-state index in [1.807, 2.05) is 92.7 Å². The van der Waals surface area contributed by atoms with Crippen LogP contribution >= 0.6 is 22.7 Å². The molecule has 0 saturated carbocycles. The normalized spacial score (nSPS) is 10.4. The van der Waals surface area contributed by atoms with Gasteiger partial charge in [-0.25, -0.2) is 44.4 Å². The van der Waals surface area contributed by atoms with Gasteiger partial charge in [0.1, 0.15) is 53.1 Å². The number of aromatic amines is 1. The molecule has 40 nitrogen and oxygen atoms in total. The zero-order chi connectivity index (χ0) is 81.8. The van der Waals surface area contributed by atoms with Gasteiger partial charge >= 0.3 is 11.1 Å². The largest absolute Gasteiger partial charge is 0.508 e. The topological polar surface area (TPSA) is 556 Å². The Morgan fingerprint density at radius 3 is 1.63 bits per heavy atom. The molecule has 0 amide bonds. The van der Waals surface area contributed by atoms with Crippen LogP contribution < -0.4 is 79.5 Å². The number of H-pyrrole nitrogens is 1. The van der Waals surface area contributed by atoms with E-state index in [2.05, 4.69) is 154 Å². The van der Waals surface area contributed by atoms with Crippen LogP contribution in [-0.2, 0) is 0 Å². The van der Waals surface area contributed by atoms with E-state index in [4.69, 9.17) is 53.4 Å². The van der Waals surface area contributed by atoms with Crippen LogP contribution in [0.4, 0.5) is 104 Å². The summed E-state index contributed by atoms with van der Waals surface area (Å²) in [7, 11) is 4.77. The average molecular weight is 1600 g/mol. The molecule has 0 aliphatic rings. The minimum absolute atomic E-state index is 0.0311. The van der Waals surface area contributed by atoms with Crippen molar-refractivity contribution < 1.29 is 28.4 Å². The molecule has 0 fully saturated rings. The maximum Gasteiger partial charge on any atom is 0.371 e. The van der Waals surface area contributed by atoms with Crippen LogP contribution in [0.2, 0.25) is 0 Å². The van der Waals surface area contributed by atoms with E-state index in [-0.39, 0.29) is 65.0 Å². The van der Waals surface area contributed by atoms with Crippen molar-refractivity contribution in [3.63, 3.8) is 0 Å². The standard InChI is InChI=1S/C18H16N8O.C14H12N8O.C14H16N6O2S.C14H16N6S.C13H9FN8/c19-17-24-18(23-13-7-4-8-14(27)9-13)25-26(17)16-10-15(20-11-21-16)22-12-5-2-1-3-6-12;1-23-11-5-3-2-4-10(11)19-13-20-12(16)22(21-13)14-17-7-9(6-15)8-18-14;1-8-7-16-14(23-8)20-12(15)18-13(19-20)17-9-4-10(21-2)6-11(5-9)22-3;1-8-4-9(2)6-11(5-8)17-13-18-12(15)19-20(13)14-16-7-10(3)21-14;14-9-3-1-2-4-10(9)19-12-20-11(16)22(21-12)13-17-6-8(5-15)7-18-13/h1-11,27H,(H,20,21,22)(H3,19,23,24,25);2-5,7-8H,1H3,(H3,16,19,20,21);4-7H,1-3H3,(H3,15,17,18,19);4-7H,1-3H3,(H3,15,17,18,19);1-4,6-7H,(H3,16,19,20,21)/p+1. The summed E-state index contributed by atoms with van der Waals surface area (Å²) in [6.45, 7) is 8.09. The van der Waals surface area contributed by atoms with Gasteiger partial charge in [-0.05, 0) is 99.5 Å². The second-order valence-corrected chi connectivity index (χ2v) is 26.4.